The van der Waals surface area contributed by atoms with Gasteiger partial charge in [0.2, 0.25) is 5.91 Å². The van der Waals surface area contributed by atoms with Crippen molar-refractivity contribution in [1.82, 2.24) is 0 Å². The second-order valence-corrected chi connectivity index (χ2v) is 5.41. The molecule has 1 N–H and O–H groups in total. The highest BCUT2D eigenvalue weighted by Crippen LogP contribution is 2.43. The van der Waals surface area contributed by atoms with Gasteiger partial charge in [0.15, 0.2) is 0 Å². The van der Waals surface area contributed by atoms with Crippen LogP contribution in [-0.4, -0.2) is 5.91 Å². The van der Waals surface area contributed by atoms with Crippen LogP contribution in [0.25, 0.3) is 0 Å². The van der Waals surface area contributed by atoms with Crippen molar-refractivity contribution in [3.63, 3.8) is 0 Å². The van der Waals surface area contributed by atoms with Crippen LogP contribution in [0.5, 0.6) is 0 Å². The smallest absolute Gasteiger partial charge is 0.228 e. The van der Waals surface area contributed by atoms with Crippen LogP contribution in [0.15, 0.2) is 30.4 Å². The minimum absolute atomic E-state index is 0.00882. The molecule has 3 rings (SSSR count). The second kappa shape index (κ2) is 4.39. The quantitative estimate of drug-likeness (QED) is 0.813. The average molecular weight is 266 g/mol. The number of rotatable bonds is 2. The third kappa shape index (κ3) is 2.03. The van der Waals surface area contributed by atoms with E-state index in [0.717, 1.165) is 12.8 Å². The van der Waals surface area contributed by atoms with Gasteiger partial charge in [-0.1, -0.05) is 23.8 Å². The van der Waals surface area contributed by atoms with E-state index in [4.69, 9.17) is 11.6 Å². The highest BCUT2D eigenvalue weighted by atomic mass is 35.5. The molecule has 1 aromatic carbocycles. The standard InChI is InChI=1S/C14H13ClFNO/c15-12-7-10(3-4-13(12)16)17-14(18)11-6-8-1-2-9(11)5-8/h1-4,7-9,11H,5-6H2,(H,17,18). The Labute approximate surface area is 110 Å². The molecule has 0 spiro atoms. The van der Waals surface area contributed by atoms with Crippen molar-refractivity contribution in [3.05, 3.63) is 41.2 Å². The summed E-state index contributed by atoms with van der Waals surface area (Å²) in [6.07, 6.45) is 6.34. The molecule has 0 aromatic heterocycles. The number of carbonyl (C=O) groups is 1. The predicted molar refractivity (Wildman–Crippen MR) is 68.9 cm³/mol. The van der Waals surface area contributed by atoms with Crippen LogP contribution in [-0.2, 0) is 4.79 Å². The molecule has 4 heteroatoms. The Morgan fingerprint density at radius 2 is 2.17 bits per heavy atom. The molecule has 2 nitrogen and oxygen atoms in total. The van der Waals surface area contributed by atoms with Crippen LogP contribution < -0.4 is 5.32 Å². The van der Waals surface area contributed by atoms with E-state index in [1.54, 1.807) is 0 Å². The fourth-order valence-corrected chi connectivity index (χ4v) is 3.07. The van der Waals surface area contributed by atoms with Crippen molar-refractivity contribution in [3.8, 4) is 0 Å². The molecule has 2 aliphatic rings. The molecule has 2 aliphatic carbocycles. The van der Waals surface area contributed by atoms with Gasteiger partial charge in [0.25, 0.3) is 0 Å². The highest BCUT2D eigenvalue weighted by Gasteiger charge is 2.39. The van der Waals surface area contributed by atoms with Crippen molar-refractivity contribution in [2.75, 3.05) is 5.32 Å². The Balaban J connectivity index is 1.71. The first kappa shape index (κ1) is 11.7. The average Bonchev–Trinajstić information content (AvgIpc) is 2.96. The Morgan fingerprint density at radius 3 is 2.78 bits per heavy atom. The predicted octanol–water partition coefficient (Wildman–Crippen LogP) is 3.63. The summed E-state index contributed by atoms with van der Waals surface area (Å²) in [7, 11) is 0. The molecule has 0 saturated heterocycles. The van der Waals surface area contributed by atoms with Gasteiger partial charge in [0.1, 0.15) is 5.82 Å². The molecule has 0 radical (unpaired) electrons. The number of fused-ring (bicyclic) bond motifs is 2. The van der Waals surface area contributed by atoms with Gasteiger partial charge in [0.05, 0.1) is 5.02 Å². The number of nitrogens with one attached hydrogen (secondary N) is 1. The zero-order chi connectivity index (χ0) is 12.7. The second-order valence-electron chi connectivity index (χ2n) is 5.00. The molecule has 1 amide bonds. The monoisotopic (exact) mass is 265 g/mol. The van der Waals surface area contributed by atoms with Gasteiger partial charge in [-0.2, -0.15) is 0 Å². The number of hydrogen-bond donors (Lipinski definition) is 1. The van der Waals surface area contributed by atoms with Crippen molar-refractivity contribution >= 4 is 23.2 Å². The fourth-order valence-electron chi connectivity index (χ4n) is 2.89. The van der Waals surface area contributed by atoms with Gasteiger partial charge in [0, 0.05) is 11.6 Å². The highest BCUT2D eigenvalue weighted by molar-refractivity contribution is 6.31. The van der Waals surface area contributed by atoms with Crippen LogP contribution in [0.3, 0.4) is 0 Å². The van der Waals surface area contributed by atoms with Crippen LogP contribution in [0.1, 0.15) is 12.8 Å². The summed E-state index contributed by atoms with van der Waals surface area (Å²) < 4.78 is 13.0. The molecule has 3 unspecified atom stereocenters. The van der Waals surface area contributed by atoms with Crippen LogP contribution in [0.2, 0.25) is 5.02 Å². The molecular formula is C14H13ClFNO. The van der Waals surface area contributed by atoms with E-state index in [9.17, 15) is 9.18 Å². The van der Waals surface area contributed by atoms with Gasteiger partial charge in [-0.3, -0.25) is 4.79 Å². The zero-order valence-electron chi connectivity index (χ0n) is 9.70. The van der Waals surface area contributed by atoms with E-state index in [1.807, 2.05) is 0 Å². The van der Waals surface area contributed by atoms with E-state index >= 15 is 0 Å². The number of benzene rings is 1. The van der Waals surface area contributed by atoms with E-state index in [-0.39, 0.29) is 16.8 Å². The first-order valence-electron chi connectivity index (χ1n) is 6.08. The first-order chi connectivity index (χ1) is 8.63. The summed E-state index contributed by atoms with van der Waals surface area (Å²) in [4.78, 5) is 12.1. The lowest BCUT2D eigenvalue weighted by Gasteiger charge is -2.17. The molecule has 0 aliphatic heterocycles. The lowest BCUT2D eigenvalue weighted by molar-refractivity contribution is -0.120. The number of amides is 1. The fraction of sp³-hybridized carbons (Fsp3) is 0.357. The lowest BCUT2D eigenvalue weighted by Crippen LogP contribution is -2.25. The van der Waals surface area contributed by atoms with E-state index < -0.39 is 5.82 Å². The first-order valence-corrected chi connectivity index (χ1v) is 6.45. The third-order valence-electron chi connectivity index (χ3n) is 3.80. The number of anilines is 1. The zero-order valence-corrected chi connectivity index (χ0v) is 10.5. The van der Waals surface area contributed by atoms with Gasteiger partial charge in [-0.05, 0) is 42.9 Å². The maximum atomic E-state index is 13.0. The van der Waals surface area contributed by atoms with Crippen molar-refractivity contribution < 1.29 is 9.18 Å². The minimum atomic E-state index is -0.475. The van der Waals surface area contributed by atoms with Crippen molar-refractivity contribution in [1.29, 1.82) is 0 Å². The van der Waals surface area contributed by atoms with E-state index in [2.05, 4.69) is 17.5 Å². The largest absolute Gasteiger partial charge is 0.326 e. The normalized spacial score (nSPS) is 28.7. The maximum Gasteiger partial charge on any atom is 0.228 e. The molecule has 0 heterocycles. The summed E-state index contributed by atoms with van der Waals surface area (Å²) in [5.41, 5.74) is 0.554. The number of hydrogen-bond acceptors (Lipinski definition) is 1. The third-order valence-corrected chi connectivity index (χ3v) is 4.09. The van der Waals surface area contributed by atoms with Gasteiger partial charge >= 0.3 is 0 Å². The Morgan fingerprint density at radius 1 is 1.33 bits per heavy atom. The Hall–Kier alpha value is -1.35. The summed E-state index contributed by atoms with van der Waals surface area (Å²) in [5.74, 6) is 0.504. The van der Waals surface area contributed by atoms with Gasteiger partial charge in [-0.25, -0.2) is 4.39 Å². The minimum Gasteiger partial charge on any atom is -0.326 e. The topological polar surface area (TPSA) is 29.1 Å². The van der Waals surface area contributed by atoms with Crippen molar-refractivity contribution in [2.24, 2.45) is 17.8 Å². The van der Waals surface area contributed by atoms with Gasteiger partial charge in [-0.15, -0.1) is 0 Å². The molecule has 3 atom stereocenters. The number of halogens is 2. The van der Waals surface area contributed by atoms with Crippen LogP contribution in [0, 0.1) is 23.6 Å². The molecule has 1 aromatic rings. The van der Waals surface area contributed by atoms with E-state index in [1.165, 1.54) is 18.2 Å². The number of carbonyl (C=O) groups excluding carboxylic acids is 1. The number of allylic oxidation sites excluding steroid dienone is 2. The van der Waals surface area contributed by atoms with E-state index in [0.29, 0.717) is 17.5 Å². The molecule has 18 heavy (non-hydrogen) atoms. The van der Waals surface area contributed by atoms with Crippen LogP contribution >= 0.6 is 11.6 Å². The lowest BCUT2D eigenvalue weighted by atomic mass is 9.93. The summed E-state index contributed by atoms with van der Waals surface area (Å²) in [6.45, 7) is 0. The molecule has 1 fully saturated rings. The van der Waals surface area contributed by atoms with Crippen molar-refractivity contribution in [2.45, 2.75) is 12.8 Å². The van der Waals surface area contributed by atoms with Crippen LogP contribution in [0.4, 0.5) is 10.1 Å². The molecule has 2 bridgehead atoms. The van der Waals surface area contributed by atoms with Gasteiger partial charge < -0.3 is 5.32 Å². The summed E-state index contributed by atoms with van der Waals surface area (Å²) in [6, 6.07) is 4.23. The summed E-state index contributed by atoms with van der Waals surface area (Å²) >= 11 is 5.68. The maximum absolute atomic E-state index is 13.0. The molecule has 1 saturated carbocycles. The molecular weight excluding hydrogens is 253 g/mol. The Bertz CT molecular complexity index is 529. The summed E-state index contributed by atoms with van der Waals surface area (Å²) in [5, 5.41) is 2.84. The Kier molecular flexibility index (Phi) is 2.86. The SMILES string of the molecule is O=C(Nc1ccc(F)c(Cl)c1)C1CC2C=CC1C2. The molecule has 94 valence electrons.